The zero-order valence-electron chi connectivity index (χ0n) is 14.4. The van der Waals surface area contributed by atoms with Gasteiger partial charge in [-0.25, -0.2) is 4.79 Å². The molecule has 1 unspecified atom stereocenters. The first-order valence-electron chi connectivity index (χ1n) is 8.26. The predicted molar refractivity (Wildman–Crippen MR) is 97.0 cm³/mol. The molecule has 2 rings (SSSR count). The average molecular weight is 326 g/mol. The fourth-order valence-electron chi connectivity index (χ4n) is 2.59. The van der Waals surface area contributed by atoms with Gasteiger partial charge in [0.05, 0.1) is 0 Å². The molecule has 0 bridgehead atoms. The SMILES string of the molecule is CN(C)CC(Cc1ccccc1)NC(=O)NCCc1ccccn1. The normalized spacial score (nSPS) is 12.0. The maximum atomic E-state index is 12.2. The summed E-state index contributed by atoms with van der Waals surface area (Å²) in [5.74, 6) is 0. The molecule has 0 aliphatic carbocycles. The van der Waals surface area contributed by atoms with Crippen LogP contribution in [0.4, 0.5) is 4.79 Å². The van der Waals surface area contributed by atoms with Crippen LogP contribution in [0.5, 0.6) is 0 Å². The molecule has 1 aromatic heterocycles. The first-order valence-corrected chi connectivity index (χ1v) is 8.26. The maximum absolute atomic E-state index is 12.2. The number of pyridine rings is 1. The van der Waals surface area contributed by atoms with E-state index < -0.39 is 0 Å². The lowest BCUT2D eigenvalue weighted by Crippen LogP contribution is -2.47. The Morgan fingerprint density at radius 1 is 1.12 bits per heavy atom. The number of nitrogens with zero attached hydrogens (tertiary/aromatic N) is 2. The summed E-state index contributed by atoms with van der Waals surface area (Å²) in [5.41, 5.74) is 2.20. The second-order valence-electron chi connectivity index (χ2n) is 6.12. The van der Waals surface area contributed by atoms with Gasteiger partial charge in [-0.2, -0.15) is 0 Å². The molecule has 0 saturated heterocycles. The van der Waals surface area contributed by atoms with Crippen LogP contribution in [0.2, 0.25) is 0 Å². The van der Waals surface area contributed by atoms with Crippen LogP contribution in [-0.2, 0) is 12.8 Å². The van der Waals surface area contributed by atoms with E-state index in [1.165, 1.54) is 5.56 Å². The average Bonchev–Trinajstić information content (AvgIpc) is 2.56. The van der Waals surface area contributed by atoms with Crippen molar-refractivity contribution < 1.29 is 4.79 Å². The number of likely N-dealkylation sites (N-methyl/N-ethyl adjacent to an activating group) is 1. The molecule has 1 heterocycles. The number of benzene rings is 1. The topological polar surface area (TPSA) is 57.3 Å². The van der Waals surface area contributed by atoms with Gasteiger partial charge in [-0.05, 0) is 38.2 Å². The van der Waals surface area contributed by atoms with Crippen LogP contribution in [0.15, 0.2) is 54.7 Å². The Morgan fingerprint density at radius 3 is 2.54 bits per heavy atom. The number of carbonyl (C=O) groups excluding carboxylic acids is 1. The second kappa shape index (κ2) is 9.67. The van der Waals surface area contributed by atoms with Crippen LogP contribution >= 0.6 is 0 Å². The molecular formula is C19H26N4O. The van der Waals surface area contributed by atoms with Gasteiger partial charge >= 0.3 is 6.03 Å². The van der Waals surface area contributed by atoms with E-state index in [9.17, 15) is 4.79 Å². The number of urea groups is 1. The van der Waals surface area contributed by atoms with Gasteiger partial charge in [0.25, 0.3) is 0 Å². The molecule has 1 aromatic carbocycles. The molecule has 0 aliphatic rings. The zero-order valence-corrected chi connectivity index (χ0v) is 14.4. The molecule has 0 saturated carbocycles. The number of hydrogen-bond acceptors (Lipinski definition) is 3. The Labute approximate surface area is 144 Å². The summed E-state index contributed by atoms with van der Waals surface area (Å²) >= 11 is 0. The lowest BCUT2D eigenvalue weighted by Gasteiger charge is -2.22. The smallest absolute Gasteiger partial charge is 0.315 e. The van der Waals surface area contributed by atoms with Gasteiger partial charge in [-0.3, -0.25) is 4.98 Å². The third-order valence-electron chi connectivity index (χ3n) is 3.64. The molecule has 0 aliphatic heterocycles. The van der Waals surface area contributed by atoms with Crippen molar-refractivity contribution in [3.63, 3.8) is 0 Å². The minimum Gasteiger partial charge on any atom is -0.338 e. The number of nitrogens with one attached hydrogen (secondary N) is 2. The Bertz CT molecular complexity index is 601. The van der Waals surface area contributed by atoms with E-state index in [0.29, 0.717) is 6.54 Å². The monoisotopic (exact) mass is 326 g/mol. The minimum atomic E-state index is -0.131. The third-order valence-corrected chi connectivity index (χ3v) is 3.64. The first kappa shape index (κ1) is 17.9. The van der Waals surface area contributed by atoms with E-state index in [0.717, 1.165) is 25.1 Å². The molecule has 2 amide bonds. The lowest BCUT2D eigenvalue weighted by molar-refractivity contribution is 0.232. The largest absolute Gasteiger partial charge is 0.338 e. The van der Waals surface area contributed by atoms with Crippen molar-refractivity contribution in [2.45, 2.75) is 18.9 Å². The molecule has 5 nitrogen and oxygen atoms in total. The molecule has 2 aromatic rings. The highest BCUT2D eigenvalue weighted by atomic mass is 16.2. The Balaban J connectivity index is 1.80. The molecule has 2 N–H and O–H groups in total. The van der Waals surface area contributed by atoms with Gasteiger partial charge in [0.15, 0.2) is 0 Å². The fraction of sp³-hybridized carbons (Fsp3) is 0.368. The van der Waals surface area contributed by atoms with Gasteiger partial charge in [-0.1, -0.05) is 36.4 Å². The van der Waals surface area contributed by atoms with Crippen LogP contribution in [-0.4, -0.2) is 49.1 Å². The number of amides is 2. The van der Waals surface area contributed by atoms with Crippen molar-refractivity contribution in [2.75, 3.05) is 27.2 Å². The maximum Gasteiger partial charge on any atom is 0.315 e. The predicted octanol–water partition coefficient (Wildman–Crippen LogP) is 2.10. The van der Waals surface area contributed by atoms with E-state index in [-0.39, 0.29) is 12.1 Å². The summed E-state index contributed by atoms with van der Waals surface area (Å²) in [5, 5.41) is 5.98. The van der Waals surface area contributed by atoms with E-state index in [1.807, 2.05) is 50.5 Å². The molecule has 24 heavy (non-hydrogen) atoms. The molecule has 1 atom stereocenters. The fourth-order valence-corrected chi connectivity index (χ4v) is 2.59. The van der Waals surface area contributed by atoms with Gasteiger partial charge in [0.2, 0.25) is 0 Å². The zero-order chi connectivity index (χ0) is 17.2. The number of aromatic nitrogens is 1. The molecule has 128 valence electrons. The van der Waals surface area contributed by atoms with Crippen molar-refractivity contribution >= 4 is 6.03 Å². The minimum absolute atomic E-state index is 0.0669. The van der Waals surface area contributed by atoms with Crippen molar-refractivity contribution in [2.24, 2.45) is 0 Å². The summed E-state index contributed by atoms with van der Waals surface area (Å²) < 4.78 is 0. The standard InChI is InChI=1S/C19H26N4O/c1-23(2)15-18(14-16-8-4-3-5-9-16)22-19(24)21-13-11-17-10-6-7-12-20-17/h3-10,12,18H,11,13-15H2,1-2H3,(H2,21,22,24). The van der Waals surface area contributed by atoms with Crippen LogP contribution < -0.4 is 10.6 Å². The summed E-state index contributed by atoms with van der Waals surface area (Å²) in [7, 11) is 4.03. The Morgan fingerprint density at radius 2 is 1.88 bits per heavy atom. The van der Waals surface area contributed by atoms with Crippen LogP contribution in [0.25, 0.3) is 0 Å². The van der Waals surface area contributed by atoms with Crippen LogP contribution in [0.1, 0.15) is 11.3 Å². The van der Waals surface area contributed by atoms with Crippen molar-refractivity contribution in [1.29, 1.82) is 0 Å². The quantitative estimate of drug-likeness (QED) is 0.781. The Hall–Kier alpha value is -2.40. The molecular weight excluding hydrogens is 300 g/mol. The third kappa shape index (κ3) is 6.79. The van der Waals surface area contributed by atoms with Crippen molar-refractivity contribution in [3.8, 4) is 0 Å². The lowest BCUT2D eigenvalue weighted by atomic mass is 10.1. The number of rotatable bonds is 8. The summed E-state index contributed by atoms with van der Waals surface area (Å²) in [6.07, 6.45) is 3.31. The number of carbonyl (C=O) groups is 1. The first-order chi connectivity index (χ1) is 11.6. The molecule has 0 fully saturated rings. The summed E-state index contributed by atoms with van der Waals surface area (Å²) in [6, 6.07) is 16.0. The van der Waals surface area contributed by atoms with E-state index >= 15 is 0 Å². The van der Waals surface area contributed by atoms with Crippen LogP contribution in [0.3, 0.4) is 0 Å². The van der Waals surface area contributed by atoms with Crippen molar-refractivity contribution in [1.82, 2.24) is 20.5 Å². The highest BCUT2D eigenvalue weighted by Crippen LogP contribution is 2.04. The Kier molecular flexibility index (Phi) is 7.23. The molecule has 5 heteroatoms. The highest BCUT2D eigenvalue weighted by molar-refractivity contribution is 5.74. The van der Waals surface area contributed by atoms with E-state index in [1.54, 1.807) is 6.20 Å². The van der Waals surface area contributed by atoms with Gasteiger partial charge < -0.3 is 15.5 Å². The van der Waals surface area contributed by atoms with Gasteiger partial charge in [-0.15, -0.1) is 0 Å². The molecule has 0 radical (unpaired) electrons. The van der Waals surface area contributed by atoms with E-state index in [4.69, 9.17) is 0 Å². The van der Waals surface area contributed by atoms with Gasteiger partial charge in [0, 0.05) is 37.4 Å². The van der Waals surface area contributed by atoms with E-state index in [2.05, 4.69) is 32.7 Å². The van der Waals surface area contributed by atoms with Crippen molar-refractivity contribution in [3.05, 3.63) is 66.0 Å². The number of hydrogen-bond donors (Lipinski definition) is 2. The highest BCUT2D eigenvalue weighted by Gasteiger charge is 2.13. The summed E-state index contributed by atoms with van der Waals surface area (Å²) in [6.45, 7) is 1.37. The second-order valence-corrected chi connectivity index (χ2v) is 6.12. The molecule has 0 spiro atoms. The van der Waals surface area contributed by atoms with Gasteiger partial charge in [0.1, 0.15) is 0 Å². The summed E-state index contributed by atoms with van der Waals surface area (Å²) in [4.78, 5) is 18.5. The van der Waals surface area contributed by atoms with Crippen LogP contribution in [0, 0.1) is 0 Å².